The highest BCUT2D eigenvalue weighted by molar-refractivity contribution is 5.95. The SMILES string of the molecule is CCc1ccc2occ(CC(=O)Nc3c(C)n(C)n(-c4ccccc4)c3=O)c2c1. The molecular weight excluding hydrogens is 366 g/mol. The van der Waals surface area contributed by atoms with E-state index >= 15 is 0 Å². The van der Waals surface area contributed by atoms with Gasteiger partial charge in [0, 0.05) is 18.0 Å². The molecule has 6 heteroatoms. The van der Waals surface area contributed by atoms with Gasteiger partial charge in [-0.2, -0.15) is 0 Å². The number of para-hydroxylation sites is 1. The highest BCUT2D eigenvalue weighted by atomic mass is 16.3. The summed E-state index contributed by atoms with van der Waals surface area (Å²) in [7, 11) is 1.80. The van der Waals surface area contributed by atoms with Crippen molar-refractivity contribution in [1.29, 1.82) is 0 Å². The zero-order valence-electron chi connectivity index (χ0n) is 16.7. The van der Waals surface area contributed by atoms with Crippen LogP contribution in [0.25, 0.3) is 16.7 Å². The van der Waals surface area contributed by atoms with Crippen molar-refractivity contribution in [1.82, 2.24) is 9.36 Å². The van der Waals surface area contributed by atoms with E-state index in [4.69, 9.17) is 4.42 Å². The van der Waals surface area contributed by atoms with Gasteiger partial charge in [0.2, 0.25) is 5.91 Å². The van der Waals surface area contributed by atoms with Crippen LogP contribution in [-0.4, -0.2) is 15.3 Å². The van der Waals surface area contributed by atoms with Gasteiger partial charge in [-0.15, -0.1) is 0 Å². The Balaban J connectivity index is 1.62. The van der Waals surface area contributed by atoms with Gasteiger partial charge in [0.1, 0.15) is 11.3 Å². The van der Waals surface area contributed by atoms with E-state index in [-0.39, 0.29) is 17.9 Å². The lowest BCUT2D eigenvalue weighted by Gasteiger charge is -2.07. The van der Waals surface area contributed by atoms with Crippen LogP contribution in [0, 0.1) is 6.92 Å². The number of nitrogens with one attached hydrogen (secondary N) is 1. The summed E-state index contributed by atoms with van der Waals surface area (Å²) in [6.07, 6.45) is 2.66. The molecule has 0 atom stereocenters. The van der Waals surface area contributed by atoms with Crippen LogP contribution >= 0.6 is 0 Å². The maximum atomic E-state index is 13.0. The number of carbonyl (C=O) groups excluding carboxylic acids is 1. The summed E-state index contributed by atoms with van der Waals surface area (Å²) in [6.45, 7) is 3.90. The number of furan rings is 1. The molecule has 0 aliphatic rings. The van der Waals surface area contributed by atoms with E-state index in [1.807, 2.05) is 49.4 Å². The Labute approximate surface area is 168 Å². The van der Waals surface area contributed by atoms with Gasteiger partial charge in [-0.1, -0.05) is 31.2 Å². The number of hydrogen-bond donors (Lipinski definition) is 1. The van der Waals surface area contributed by atoms with Gasteiger partial charge < -0.3 is 9.73 Å². The molecule has 2 heterocycles. The Morgan fingerprint density at radius 1 is 1.14 bits per heavy atom. The van der Waals surface area contributed by atoms with Gasteiger partial charge in [-0.3, -0.25) is 14.3 Å². The van der Waals surface area contributed by atoms with Crippen LogP contribution in [0.1, 0.15) is 23.7 Å². The van der Waals surface area contributed by atoms with Crippen LogP contribution in [0.5, 0.6) is 0 Å². The van der Waals surface area contributed by atoms with Crippen LogP contribution in [0.3, 0.4) is 0 Å². The second-order valence-electron chi connectivity index (χ2n) is 7.11. The fourth-order valence-corrected chi connectivity index (χ4v) is 3.55. The molecule has 0 aliphatic heterocycles. The van der Waals surface area contributed by atoms with Gasteiger partial charge >= 0.3 is 0 Å². The molecule has 0 fully saturated rings. The summed E-state index contributed by atoms with van der Waals surface area (Å²) >= 11 is 0. The quantitative estimate of drug-likeness (QED) is 0.561. The monoisotopic (exact) mass is 389 g/mol. The lowest BCUT2D eigenvalue weighted by Crippen LogP contribution is -2.23. The molecule has 0 bridgehead atoms. The van der Waals surface area contributed by atoms with Crippen LogP contribution < -0.4 is 10.9 Å². The Bertz CT molecular complexity index is 1250. The van der Waals surface area contributed by atoms with E-state index in [9.17, 15) is 9.59 Å². The van der Waals surface area contributed by atoms with E-state index in [1.165, 1.54) is 5.56 Å². The Kier molecular flexibility index (Phi) is 4.84. The summed E-state index contributed by atoms with van der Waals surface area (Å²) in [6, 6.07) is 15.4. The molecule has 148 valence electrons. The van der Waals surface area contributed by atoms with Crippen molar-refractivity contribution in [2.45, 2.75) is 26.7 Å². The number of aryl methyl sites for hydroxylation is 1. The minimum absolute atomic E-state index is 0.138. The van der Waals surface area contributed by atoms with Crippen molar-refractivity contribution in [3.8, 4) is 5.69 Å². The van der Waals surface area contributed by atoms with E-state index < -0.39 is 0 Å². The standard InChI is InChI=1S/C23H23N3O3/c1-4-16-10-11-20-19(12-16)17(14-29-20)13-21(27)24-22-15(2)25(3)26(23(22)28)18-8-6-5-7-9-18/h5-12,14H,4,13H2,1-3H3,(H,24,27). The van der Waals surface area contributed by atoms with E-state index in [0.29, 0.717) is 11.4 Å². The summed E-state index contributed by atoms with van der Waals surface area (Å²) in [5.41, 5.74) is 4.23. The van der Waals surface area contributed by atoms with Gasteiger partial charge in [0.15, 0.2) is 0 Å². The van der Waals surface area contributed by atoms with Crippen molar-refractivity contribution in [3.05, 3.63) is 82.0 Å². The molecule has 1 amide bonds. The third-order valence-corrected chi connectivity index (χ3v) is 5.30. The lowest BCUT2D eigenvalue weighted by atomic mass is 10.1. The molecule has 1 N–H and O–H groups in total. The molecule has 29 heavy (non-hydrogen) atoms. The molecule has 0 radical (unpaired) electrons. The van der Waals surface area contributed by atoms with Crippen LogP contribution in [0.4, 0.5) is 5.69 Å². The van der Waals surface area contributed by atoms with Crippen molar-refractivity contribution in [2.75, 3.05) is 5.32 Å². The molecule has 0 aliphatic carbocycles. The maximum absolute atomic E-state index is 13.0. The Morgan fingerprint density at radius 3 is 2.62 bits per heavy atom. The van der Waals surface area contributed by atoms with Gasteiger partial charge in [-0.25, -0.2) is 4.68 Å². The number of fused-ring (bicyclic) bond motifs is 1. The largest absolute Gasteiger partial charge is 0.464 e. The zero-order chi connectivity index (χ0) is 20.5. The van der Waals surface area contributed by atoms with Crippen LogP contribution in [0.15, 0.2) is 64.0 Å². The summed E-state index contributed by atoms with van der Waals surface area (Å²) in [5.74, 6) is -0.249. The van der Waals surface area contributed by atoms with Gasteiger partial charge in [0.25, 0.3) is 5.56 Å². The topological polar surface area (TPSA) is 69.2 Å². The number of carbonyl (C=O) groups is 1. The van der Waals surface area contributed by atoms with Crippen LogP contribution in [0.2, 0.25) is 0 Å². The first-order valence-corrected chi connectivity index (χ1v) is 9.62. The number of amides is 1. The number of hydrogen-bond acceptors (Lipinski definition) is 3. The fraction of sp³-hybridized carbons (Fsp3) is 0.217. The van der Waals surface area contributed by atoms with Crippen molar-refractivity contribution < 1.29 is 9.21 Å². The molecule has 0 unspecified atom stereocenters. The molecule has 2 aromatic heterocycles. The number of nitrogens with zero attached hydrogens (tertiary/aromatic N) is 2. The first kappa shape index (κ1) is 18.8. The first-order chi connectivity index (χ1) is 14.0. The van der Waals surface area contributed by atoms with Gasteiger partial charge in [-0.05, 0) is 43.2 Å². The van der Waals surface area contributed by atoms with E-state index in [1.54, 1.807) is 22.7 Å². The van der Waals surface area contributed by atoms with Crippen molar-refractivity contribution in [2.24, 2.45) is 7.05 Å². The molecular formula is C23H23N3O3. The lowest BCUT2D eigenvalue weighted by molar-refractivity contribution is -0.115. The molecule has 0 saturated heterocycles. The van der Waals surface area contributed by atoms with E-state index in [0.717, 1.165) is 28.6 Å². The predicted molar refractivity (Wildman–Crippen MR) is 114 cm³/mol. The normalized spacial score (nSPS) is 11.1. The minimum atomic E-state index is -0.255. The summed E-state index contributed by atoms with van der Waals surface area (Å²) < 4.78 is 8.87. The zero-order valence-corrected chi connectivity index (χ0v) is 16.7. The van der Waals surface area contributed by atoms with Crippen molar-refractivity contribution >= 4 is 22.6 Å². The second-order valence-corrected chi connectivity index (χ2v) is 7.11. The summed E-state index contributed by atoms with van der Waals surface area (Å²) in [4.78, 5) is 25.7. The maximum Gasteiger partial charge on any atom is 0.295 e. The minimum Gasteiger partial charge on any atom is -0.464 e. The first-order valence-electron chi connectivity index (χ1n) is 9.62. The van der Waals surface area contributed by atoms with E-state index in [2.05, 4.69) is 18.3 Å². The average Bonchev–Trinajstić information content (AvgIpc) is 3.22. The fourth-order valence-electron chi connectivity index (χ4n) is 3.55. The number of benzene rings is 2. The molecule has 2 aromatic carbocycles. The Morgan fingerprint density at radius 2 is 1.90 bits per heavy atom. The highest BCUT2D eigenvalue weighted by Gasteiger charge is 2.19. The number of rotatable bonds is 5. The molecule has 6 nitrogen and oxygen atoms in total. The van der Waals surface area contributed by atoms with Crippen molar-refractivity contribution in [3.63, 3.8) is 0 Å². The van der Waals surface area contributed by atoms with Gasteiger partial charge in [0.05, 0.1) is 24.1 Å². The molecule has 0 spiro atoms. The molecule has 4 aromatic rings. The average molecular weight is 389 g/mol. The Hall–Kier alpha value is -3.54. The number of anilines is 1. The smallest absolute Gasteiger partial charge is 0.295 e. The molecule has 0 saturated carbocycles. The highest BCUT2D eigenvalue weighted by Crippen LogP contribution is 2.24. The summed E-state index contributed by atoms with van der Waals surface area (Å²) in [5, 5.41) is 3.74. The predicted octanol–water partition coefficient (Wildman–Crippen LogP) is 3.97. The number of aromatic nitrogens is 2. The third-order valence-electron chi connectivity index (χ3n) is 5.30. The molecule has 4 rings (SSSR count). The second kappa shape index (κ2) is 7.47. The third kappa shape index (κ3) is 3.38. The van der Waals surface area contributed by atoms with Crippen LogP contribution in [-0.2, 0) is 24.7 Å².